The third kappa shape index (κ3) is 5.72. The smallest absolute Gasteiger partial charge is 0.406 e. The van der Waals surface area contributed by atoms with Crippen molar-refractivity contribution >= 4 is 5.91 Å². The number of benzene rings is 1. The summed E-state index contributed by atoms with van der Waals surface area (Å²) < 4.78 is 40.9. The average molecular weight is 332 g/mol. The van der Waals surface area contributed by atoms with Gasteiger partial charge in [0.05, 0.1) is 6.10 Å². The van der Waals surface area contributed by atoms with Crippen LogP contribution in [0.1, 0.15) is 12.0 Å². The molecule has 23 heavy (non-hydrogen) atoms. The van der Waals surface area contributed by atoms with Crippen molar-refractivity contribution in [2.24, 2.45) is 5.92 Å². The molecule has 8 heteroatoms. The van der Waals surface area contributed by atoms with E-state index in [0.717, 1.165) is 0 Å². The van der Waals surface area contributed by atoms with Crippen LogP contribution in [-0.2, 0) is 11.2 Å². The Morgan fingerprint density at radius 3 is 2.74 bits per heavy atom. The van der Waals surface area contributed by atoms with Gasteiger partial charge in [-0.15, -0.1) is 13.2 Å². The molecule has 1 fully saturated rings. The Morgan fingerprint density at radius 2 is 2.09 bits per heavy atom. The maximum absolute atomic E-state index is 12.3. The van der Waals surface area contributed by atoms with Crippen molar-refractivity contribution in [1.29, 1.82) is 0 Å². The molecule has 1 aromatic carbocycles. The lowest BCUT2D eigenvalue weighted by molar-refractivity contribution is -0.274. The topological polar surface area (TPSA) is 70.6 Å². The number of ether oxygens (including phenoxy) is 1. The molecule has 1 aliphatic heterocycles. The van der Waals surface area contributed by atoms with Crippen molar-refractivity contribution in [2.75, 3.05) is 19.6 Å². The number of hydrogen-bond donors (Lipinski definition) is 3. The standard InChI is InChI=1S/C15H19F3N2O3/c16-15(17,18)23-13-4-2-1-3-10(13)5-6-14(22)20-8-11-7-19-9-12(11)21/h1-4,11-12,19,21H,5-9H2,(H,20,22). The second-order valence-electron chi connectivity index (χ2n) is 5.45. The van der Waals surface area contributed by atoms with E-state index in [0.29, 0.717) is 25.2 Å². The normalized spacial score (nSPS) is 21.2. The number of para-hydroxylation sites is 1. The number of hydrogen-bond acceptors (Lipinski definition) is 4. The van der Waals surface area contributed by atoms with Crippen LogP contribution in [-0.4, -0.2) is 43.1 Å². The molecule has 5 nitrogen and oxygen atoms in total. The molecule has 0 radical (unpaired) electrons. The van der Waals surface area contributed by atoms with Crippen LogP contribution in [0.2, 0.25) is 0 Å². The third-order valence-corrected chi connectivity index (χ3v) is 3.69. The predicted molar refractivity (Wildman–Crippen MR) is 76.8 cm³/mol. The number of amides is 1. The number of aliphatic hydroxyl groups is 1. The van der Waals surface area contributed by atoms with Crippen LogP contribution in [0.15, 0.2) is 24.3 Å². The highest BCUT2D eigenvalue weighted by Gasteiger charge is 2.32. The number of alkyl halides is 3. The molecule has 1 aliphatic rings. The maximum Gasteiger partial charge on any atom is 0.573 e. The van der Waals surface area contributed by atoms with E-state index in [-0.39, 0.29) is 30.4 Å². The van der Waals surface area contributed by atoms with Crippen LogP contribution in [0.5, 0.6) is 5.75 Å². The number of aliphatic hydroxyl groups excluding tert-OH is 1. The fourth-order valence-electron chi connectivity index (χ4n) is 2.44. The molecule has 0 bridgehead atoms. The zero-order valence-electron chi connectivity index (χ0n) is 12.4. The van der Waals surface area contributed by atoms with Gasteiger partial charge in [0, 0.05) is 32.0 Å². The summed E-state index contributed by atoms with van der Waals surface area (Å²) in [5.41, 5.74) is 0.322. The first-order chi connectivity index (χ1) is 10.8. The summed E-state index contributed by atoms with van der Waals surface area (Å²) in [4.78, 5) is 11.8. The number of nitrogens with one attached hydrogen (secondary N) is 2. The Morgan fingerprint density at radius 1 is 1.35 bits per heavy atom. The quantitative estimate of drug-likeness (QED) is 0.732. The van der Waals surface area contributed by atoms with E-state index in [4.69, 9.17) is 0 Å². The summed E-state index contributed by atoms with van der Waals surface area (Å²) in [7, 11) is 0. The van der Waals surface area contributed by atoms with Gasteiger partial charge in [-0.1, -0.05) is 18.2 Å². The highest BCUT2D eigenvalue weighted by Crippen LogP contribution is 2.26. The number of halogens is 3. The molecule has 2 atom stereocenters. The van der Waals surface area contributed by atoms with E-state index in [2.05, 4.69) is 15.4 Å². The van der Waals surface area contributed by atoms with Crippen LogP contribution in [0.3, 0.4) is 0 Å². The summed E-state index contributed by atoms with van der Waals surface area (Å²) in [6.07, 6.45) is -5.06. The van der Waals surface area contributed by atoms with Gasteiger partial charge in [-0.3, -0.25) is 4.79 Å². The second-order valence-corrected chi connectivity index (χ2v) is 5.45. The van der Waals surface area contributed by atoms with Gasteiger partial charge in [0.2, 0.25) is 5.91 Å². The van der Waals surface area contributed by atoms with Crippen LogP contribution in [0, 0.1) is 5.92 Å². The monoisotopic (exact) mass is 332 g/mol. The fourth-order valence-corrected chi connectivity index (χ4v) is 2.44. The largest absolute Gasteiger partial charge is 0.573 e. The Labute approximate surface area is 131 Å². The molecule has 0 aromatic heterocycles. The van der Waals surface area contributed by atoms with Crippen molar-refractivity contribution in [3.8, 4) is 5.75 Å². The molecule has 2 rings (SSSR count). The molecule has 1 aromatic rings. The van der Waals surface area contributed by atoms with Gasteiger partial charge in [0.25, 0.3) is 0 Å². The zero-order chi connectivity index (χ0) is 16.9. The molecule has 1 heterocycles. The molecule has 2 unspecified atom stereocenters. The van der Waals surface area contributed by atoms with Crippen molar-refractivity contribution in [1.82, 2.24) is 10.6 Å². The van der Waals surface area contributed by atoms with E-state index in [1.807, 2.05) is 0 Å². The number of carbonyl (C=O) groups excluding carboxylic acids is 1. The summed E-state index contributed by atoms with van der Waals surface area (Å²) in [6.45, 7) is 1.47. The Bertz CT molecular complexity index is 537. The van der Waals surface area contributed by atoms with Gasteiger partial charge in [0.15, 0.2) is 0 Å². The first kappa shape index (κ1) is 17.6. The Kier molecular flexibility index (Phi) is 5.84. The number of rotatable bonds is 6. The molecule has 3 N–H and O–H groups in total. The average Bonchev–Trinajstić information content (AvgIpc) is 2.88. The van der Waals surface area contributed by atoms with Crippen LogP contribution in [0.4, 0.5) is 13.2 Å². The third-order valence-electron chi connectivity index (χ3n) is 3.69. The van der Waals surface area contributed by atoms with Gasteiger partial charge < -0.3 is 20.5 Å². The zero-order valence-corrected chi connectivity index (χ0v) is 12.4. The molecule has 0 aliphatic carbocycles. The molecular formula is C15H19F3N2O3. The van der Waals surface area contributed by atoms with Crippen molar-refractivity contribution < 1.29 is 27.8 Å². The second kappa shape index (κ2) is 7.65. The lowest BCUT2D eigenvalue weighted by atomic mass is 10.1. The molecular weight excluding hydrogens is 313 g/mol. The first-order valence-electron chi connectivity index (χ1n) is 7.34. The first-order valence-corrected chi connectivity index (χ1v) is 7.34. The van der Waals surface area contributed by atoms with Gasteiger partial charge in [-0.25, -0.2) is 0 Å². The predicted octanol–water partition coefficient (Wildman–Crippen LogP) is 1.21. The van der Waals surface area contributed by atoms with Crippen LogP contribution < -0.4 is 15.4 Å². The minimum Gasteiger partial charge on any atom is -0.406 e. The van der Waals surface area contributed by atoms with E-state index >= 15 is 0 Å². The highest BCUT2D eigenvalue weighted by atomic mass is 19.4. The van der Waals surface area contributed by atoms with E-state index in [1.165, 1.54) is 18.2 Å². The summed E-state index contributed by atoms with van der Waals surface area (Å²) >= 11 is 0. The minimum atomic E-state index is -4.76. The molecule has 1 saturated heterocycles. The van der Waals surface area contributed by atoms with Crippen molar-refractivity contribution in [2.45, 2.75) is 25.3 Å². The van der Waals surface area contributed by atoms with Gasteiger partial charge in [0.1, 0.15) is 5.75 Å². The summed E-state index contributed by atoms with van der Waals surface area (Å²) in [5.74, 6) is -0.603. The Hall–Kier alpha value is -1.80. The van der Waals surface area contributed by atoms with Crippen LogP contribution >= 0.6 is 0 Å². The molecule has 128 valence electrons. The SMILES string of the molecule is O=C(CCc1ccccc1OC(F)(F)F)NCC1CNCC1O. The minimum absolute atomic E-state index is 0.0419. The number of carbonyl (C=O) groups is 1. The summed E-state index contributed by atoms with van der Waals surface area (Å²) in [5, 5.41) is 15.3. The van der Waals surface area contributed by atoms with E-state index in [9.17, 15) is 23.1 Å². The van der Waals surface area contributed by atoms with E-state index < -0.39 is 12.5 Å². The van der Waals surface area contributed by atoms with Gasteiger partial charge in [-0.2, -0.15) is 0 Å². The molecule has 0 saturated carbocycles. The lowest BCUT2D eigenvalue weighted by Gasteiger charge is -2.15. The van der Waals surface area contributed by atoms with E-state index in [1.54, 1.807) is 6.07 Å². The lowest BCUT2D eigenvalue weighted by Crippen LogP contribution is -2.34. The van der Waals surface area contributed by atoms with Gasteiger partial charge in [-0.05, 0) is 18.1 Å². The highest BCUT2D eigenvalue weighted by molar-refractivity contribution is 5.76. The molecule has 1 amide bonds. The molecule has 0 spiro atoms. The number of aryl methyl sites for hydroxylation is 1. The van der Waals surface area contributed by atoms with Gasteiger partial charge >= 0.3 is 6.36 Å². The van der Waals surface area contributed by atoms with Crippen LogP contribution in [0.25, 0.3) is 0 Å². The summed E-state index contributed by atoms with van der Waals surface area (Å²) in [6, 6.07) is 5.76. The van der Waals surface area contributed by atoms with Crippen molar-refractivity contribution in [3.63, 3.8) is 0 Å². The fraction of sp³-hybridized carbons (Fsp3) is 0.533. The maximum atomic E-state index is 12.3. The Balaban J connectivity index is 1.82. The number of β-amino-alcohol motifs (C(OH)–C–C–N with tert-alkyl or cyclic N) is 1. The van der Waals surface area contributed by atoms with Crippen molar-refractivity contribution in [3.05, 3.63) is 29.8 Å².